The highest BCUT2D eigenvalue weighted by molar-refractivity contribution is 5.36. The summed E-state index contributed by atoms with van der Waals surface area (Å²) in [6.45, 7) is 8.92. The molecule has 1 aromatic carbocycles. The molecule has 0 bridgehead atoms. The molecular formula is C16H25NO2. The predicted octanol–water partition coefficient (Wildman–Crippen LogP) is 3.16. The molecule has 0 radical (unpaired) electrons. The van der Waals surface area contributed by atoms with E-state index in [1.807, 2.05) is 19.1 Å². The Kier molecular flexibility index (Phi) is 5.23. The number of para-hydroxylation sites is 1. The van der Waals surface area contributed by atoms with E-state index >= 15 is 0 Å². The maximum Gasteiger partial charge on any atom is 0.125 e. The Morgan fingerprint density at radius 3 is 2.89 bits per heavy atom. The van der Waals surface area contributed by atoms with E-state index in [9.17, 15) is 0 Å². The SMILES string of the molecule is CCOc1ccccc1C1OCCC1CNC(C)C. The van der Waals surface area contributed by atoms with Crippen LogP contribution in [0.25, 0.3) is 0 Å². The van der Waals surface area contributed by atoms with Crippen LogP contribution in [0.5, 0.6) is 5.75 Å². The third kappa shape index (κ3) is 3.71. The van der Waals surface area contributed by atoms with Gasteiger partial charge < -0.3 is 14.8 Å². The molecule has 3 heteroatoms. The Labute approximate surface area is 116 Å². The highest BCUT2D eigenvalue weighted by Crippen LogP contribution is 2.38. The van der Waals surface area contributed by atoms with Crippen molar-refractivity contribution in [2.75, 3.05) is 19.8 Å². The lowest BCUT2D eigenvalue weighted by Gasteiger charge is -2.22. The lowest BCUT2D eigenvalue weighted by Crippen LogP contribution is -2.30. The van der Waals surface area contributed by atoms with E-state index in [2.05, 4.69) is 31.3 Å². The molecule has 1 saturated heterocycles. The summed E-state index contributed by atoms with van der Waals surface area (Å²) >= 11 is 0. The Bertz CT molecular complexity index is 392. The summed E-state index contributed by atoms with van der Waals surface area (Å²) in [5.74, 6) is 1.50. The van der Waals surface area contributed by atoms with Crippen molar-refractivity contribution in [3.05, 3.63) is 29.8 Å². The Morgan fingerprint density at radius 1 is 1.37 bits per heavy atom. The second kappa shape index (κ2) is 6.92. The maximum absolute atomic E-state index is 5.95. The van der Waals surface area contributed by atoms with Gasteiger partial charge in [0.05, 0.1) is 12.7 Å². The van der Waals surface area contributed by atoms with E-state index in [0.717, 1.165) is 25.3 Å². The zero-order valence-corrected chi connectivity index (χ0v) is 12.2. The summed E-state index contributed by atoms with van der Waals surface area (Å²) in [5, 5.41) is 3.52. The minimum absolute atomic E-state index is 0.161. The predicted molar refractivity (Wildman–Crippen MR) is 77.5 cm³/mol. The summed E-state index contributed by atoms with van der Waals surface area (Å²) in [7, 11) is 0. The van der Waals surface area contributed by atoms with Gasteiger partial charge in [0.25, 0.3) is 0 Å². The molecule has 2 atom stereocenters. The van der Waals surface area contributed by atoms with Crippen LogP contribution in [0.1, 0.15) is 38.9 Å². The van der Waals surface area contributed by atoms with Crippen LogP contribution in [0.3, 0.4) is 0 Å². The van der Waals surface area contributed by atoms with E-state index in [0.29, 0.717) is 18.6 Å². The summed E-state index contributed by atoms with van der Waals surface area (Å²) in [4.78, 5) is 0. The van der Waals surface area contributed by atoms with E-state index < -0.39 is 0 Å². The van der Waals surface area contributed by atoms with Gasteiger partial charge in [0.15, 0.2) is 0 Å². The number of benzene rings is 1. The molecular weight excluding hydrogens is 238 g/mol. The van der Waals surface area contributed by atoms with Gasteiger partial charge in [-0.15, -0.1) is 0 Å². The van der Waals surface area contributed by atoms with Gasteiger partial charge in [0, 0.05) is 30.7 Å². The zero-order chi connectivity index (χ0) is 13.7. The van der Waals surface area contributed by atoms with Crippen LogP contribution < -0.4 is 10.1 Å². The van der Waals surface area contributed by atoms with Gasteiger partial charge in [-0.1, -0.05) is 32.0 Å². The fourth-order valence-electron chi connectivity index (χ4n) is 2.58. The molecule has 1 fully saturated rings. The molecule has 1 N–H and O–H groups in total. The van der Waals surface area contributed by atoms with Crippen LogP contribution in [0.4, 0.5) is 0 Å². The summed E-state index contributed by atoms with van der Waals surface area (Å²) < 4.78 is 11.7. The van der Waals surface area contributed by atoms with Crippen LogP contribution in [0.15, 0.2) is 24.3 Å². The molecule has 1 aromatic rings. The van der Waals surface area contributed by atoms with Crippen LogP contribution in [0.2, 0.25) is 0 Å². The van der Waals surface area contributed by atoms with Crippen LogP contribution >= 0.6 is 0 Å². The molecule has 0 aromatic heterocycles. The molecule has 0 amide bonds. The van der Waals surface area contributed by atoms with Crippen molar-refractivity contribution in [3.8, 4) is 5.75 Å². The van der Waals surface area contributed by atoms with Crippen LogP contribution in [0, 0.1) is 5.92 Å². The fraction of sp³-hybridized carbons (Fsp3) is 0.625. The second-order valence-corrected chi connectivity index (χ2v) is 5.37. The van der Waals surface area contributed by atoms with E-state index in [-0.39, 0.29) is 6.10 Å². The zero-order valence-electron chi connectivity index (χ0n) is 12.2. The molecule has 106 valence electrons. The van der Waals surface area contributed by atoms with Crippen LogP contribution in [-0.2, 0) is 4.74 Å². The van der Waals surface area contributed by atoms with Gasteiger partial charge in [-0.3, -0.25) is 0 Å². The Morgan fingerprint density at radius 2 is 2.16 bits per heavy atom. The van der Waals surface area contributed by atoms with Gasteiger partial charge >= 0.3 is 0 Å². The standard InChI is InChI=1S/C16H25NO2/c1-4-18-15-8-6-5-7-14(15)16-13(9-10-19-16)11-17-12(2)3/h5-8,12-13,16-17H,4,9-11H2,1-3H3. The first kappa shape index (κ1) is 14.4. The Balaban J connectivity index is 2.10. The molecule has 2 rings (SSSR count). The van der Waals surface area contributed by atoms with Gasteiger partial charge in [0.2, 0.25) is 0 Å². The van der Waals surface area contributed by atoms with Crippen LogP contribution in [-0.4, -0.2) is 25.8 Å². The minimum Gasteiger partial charge on any atom is -0.493 e. The molecule has 1 aliphatic heterocycles. The first-order valence-electron chi connectivity index (χ1n) is 7.29. The normalized spacial score (nSPS) is 22.9. The highest BCUT2D eigenvalue weighted by Gasteiger charge is 2.31. The van der Waals surface area contributed by atoms with Gasteiger partial charge in [-0.25, -0.2) is 0 Å². The van der Waals surface area contributed by atoms with Crippen molar-refractivity contribution in [2.24, 2.45) is 5.92 Å². The number of hydrogen-bond donors (Lipinski definition) is 1. The largest absolute Gasteiger partial charge is 0.493 e. The molecule has 1 heterocycles. The molecule has 0 spiro atoms. The lowest BCUT2D eigenvalue weighted by atomic mass is 9.94. The summed E-state index contributed by atoms with van der Waals surface area (Å²) in [5.41, 5.74) is 1.19. The van der Waals surface area contributed by atoms with Crippen molar-refractivity contribution in [1.82, 2.24) is 5.32 Å². The minimum atomic E-state index is 0.161. The molecule has 3 nitrogen and oxygen atoms in total. The number of nitrogens with one attached hydrogen (secondary N) is 1. The van der Waals surface area contributed by atoms with Crippen molar-refractivity contribution < 1.29 is 9.47 Å². The third-order valence-electron chi connectivity index (χ3n) is 3.53. The number of hydrogen-bond acceptors (Lipinski definition) is 3. The molecule has 19 heavy (non-hydrogen) atoms. The van der Waals surface area contributed by atoms with Crippen molar-refractivity contribution in [2.45, 2.75) is 39.3 Å². The molecule has 0 aliphatic carbocycles. The first-order valence-corrected chi connectivity index (χ1v) is 7.29. The second-order valence-electron chi connectivity index (χ2n) is 5.37. The number of rotatable bonds is 6. The molecule has 2 unspecified atom stereocenters. The average Bonchev–Trinajstić information content (AvgIpc) is 2.85. The summed E-state index contributed by atoms with van der Waals surface area (Å²) in [6, 6.07) is 8.76. The number of ether oxygens (including phenoxy) is 2. The monoisotopic (exact) mass is 263 g/mol. The lowest BCUT2D eigenvalue weighted by molar-refractivity contribution is 0.0872. The quantitative estimate of drug-likeness (QED) is 0.855. The van der Waals surface area contributed by atoms with Crippen molar-refractivity contribution in [1.29, 1.82) is 0 Å². The first-order chi connectivity index (χ1) is 9.22. The maximum atomic E-state index is 5.95. The summed E-state index contributed by atoms with van der Waals surface area (Å²) in [6.07, 6.45) is 1.28. The highest BCUT2D eigenvalue weighted by atomic mass is 16.5. The van der Waals surface area contributed by atoms with Gasteiger partial charge in [-0.2, -0.15) is 0 Å². The molecule has 0 saturated carbocycles. The molecule has 1 aliphatic rings. The fourth-order valence-corrected chi connectivity index (χ4v) is 2.58. The average molecular weight is 263 g/mol. The van der Waals surface area contributed by atoms with Crippen molar-refractivity contribution >= 4 is 0 Å². The van der Waals surface area contributed by atoms with Gasteiger partial charge in [-0.05, 0) is 19.4 Å². The van der Waals surface area contributed by atoms with Crippen molar-refractivity contribution in [3.63, 3.8) is 0 Å². The Hall–Kier alpha value is -1.06. The van der Waals surface area contributed by atoms with E-state index in [4.69, 9.17) is 9.47 Å². The topological polar surface area (TPSA) is 30.5 Å². The van der Waals surface area contributed by atoms with E-state index in [1.54, 1.807) is 0 Å². The third-order valence-corrected chi connectivity index (χ3v) is 3.53. The van der Waals surface area contributed by atoms with Gasteiger partial charge in [0.1, 0.15) is 5.75 Å². The van der Waals surface area contributed by atoms with E-state index in [1.165, 1.54) is 5.56 Å². The smallest absolute Gasteiger partial charge is 0.125 e.